The summed E-state index contributed by atoms with van der Waals surface area (Å²) in [6.45, 7) is 6.39. The van der Waals surface area contributed by atoms with Crippen LogP contribution in [-0.4, -0.2) is 5.60 Å². The number of halogens is 1. The van der Waals surface area contributed by atoms with Crippen molar-refractivity contribution in [2.45, 2.75) is 33.0 Å². The first kappa shape index (κ1) is 10.2. The van der Waals surface area contributed by atoms with E-state index in [4.69, 9.17) is 4.74 Å². The van der Waals surface area contributed by atoms with Crippen molar-refractivity contribution in [1.29, 1.82) is 0 Å². The Bertz CT molecular complexity index is 276. The van der Waals surface area contributed by atoms with Gasteiger partial charge < -0.3 is 4.74 Å². The average Bonchev–Trinajstić information content (AvgIpc) is 2.00. The Hall–Kier alpha value is -0.890. The SMILES string of the molecule is CC(C)(C)OCc1cccc(F)c1. The van der Waals surface area contributed by atoms with E-state index in [9.17, 15) is 4.39 Å². The predicted octanol–water partition coefficient (Wildman–Crippen LogP) is 3.14. The number of ether oxygens (including phenoxy) is 1. The minimum absolute atomic E-state index is 0.174. The monoisotopic (exact) mass is 182 g/mol. The largest absolute Gasteiger partial charge is 0.371 e. The Morgan fingerprint density at radius 3 is 2.54 bits per heavy atom. The lowest BCUT2D eigenvalue weighted by Crippen LogP contribution is -2.18. The van der Waals surface area contributed by atoms with E-state index in [1.54, 1.807) is 6.07 Å². The molecule has 0 atom stereocenters. The quantitative estimate of drug-likeness (QED) is 0.682. The lowest BCUT2D eigenvalue weighted by molar-refractivity contribution is -0.0150. The van der Waals surface area contributed by atoms with Crippen molar-refractivity contribution < 1.29 is 9.13 Å². The molecular weight excluding hydrogens is 167 g/mol. The molecule has 1 nitrogen and oxygen atoms in total. The molecule has 0 saturated carbocycles. The zero-order valence-corrected chi connectivity index (χ0v) is 8.30. The van der Waals surface area contributed by atoms with E-state index in [1.807, 2.05) is 26.8 Å². The van der Waals surface area contributed by atoms with Gasteiger partial charge in [0.1, 0.15) is 5.82 Å². The molecule has 0 bridgehead atoms. The standard InChI is InChI=1S/C11H15FO/c1-11(2,3)13-8-9-5-4-6-10(12)7-9/h4-7H,8H2,1-3H3. The highest BCUT2D eigenvalue weighted by molar-refractivity contribution is 5.15. The summed E-state index contributed by atoms with van der Waals surface area (Å²) in [6, 6.07) is 6.47. The van der Waals surface area contributed by atoms with Crippen LogP contribution >= 0.6 is 0 Å². The third-order valence-electron chi connectivity index (χ3n) is 1.56. The van der Waals surface area contributed by atoms with Crippen molar-refractivity contribution in [2.75, 3.05) is 0 Å². The molecule has 0 aliphatic carbocycles. The smallest absolute Gasteiger partial charge is 0.123 e. The second kappa shape index (κ2) is 3.88. The molecule has 1 aromatic rings. The van der Waals surface area contributed by atoms with E-state index in [2.05, 4.69) is 0 Å². The van der Waals surface area contributed by atoms with Gasteiger partial charge in [0, 0.05) is 0 Å². The van der Waals surface area contributed by atoms with Crippen LogP contribution in [0.5, 0.6) is 0 Å². The van der Waals surface area contributed by atoms with E-state index < -0.39 is 0 Å². The van der Waals surface area contributed by atoms with Crippen molar-refractivity contribution >= 4 is 0 Å². The number of hydrogen-bond donors (Lipinski definition) is 0. The van der Waals surface area contributed by atoms with Gasteiger partial charge in [-0.1, -0.05) is 12.1 Å². The minimum atomic E-state index is -0.213. The molecule has 0 saturated heterocycles. The average molecular weight is 182 g/mol. The van der Waals surface area contributed by atoms with E-state index in [0.29, 0.717) is 6.61 Å². The molecule has 72 valence electrons. The Kier molecular flexibility index (Phi) is 3.04. The Labute approximate surface area is 78.5 Å². The maximum absolute atomic E-state index is 12.7. The number of benzene rings is 1. The summed E-state index contributed by atoms with van der Waals surface area (Å²) < 4.78 is 18.2. The van der Waals surface area contributed by atoms with Crippen molar-refractivity contribution in [3.8, 4) is 0 Å². The Morgan fingerprint density at radius 1 is 1.31 bits per heavy atom. The summed E-state index contributed by atoms with van der Waals surface area (Å²) >= 11 is 0. The molecule has 0 aromatic heterocycles. The van der Waals surface area contributed by atoms with Crippen molar-refractivity contribution in [2.24, 2.45) is 0 Å². The fourth-order valence-corrected chi connectivity index (χ4v) is 0.927. The van der Waals surface area contributed by atoms with Gasteiger partial charge in [-0.05, 0) is 38.5 Å². The van der Waals surface area contributed by atoms with Crippen LogP contribution in [0.4, 0.5) is 4.39 Å². The predicted molar refractivity (Wildman–Crippen MR) is 50.9 cm³/mol. The zero-order chi connectivity index (χ0) is 9.90. The Morgan fingerprint density at radius 2 is 2.00 bits per heavy atom. The molecule has 0 aliphatic heterocycles. The highest BCUT2D eigenvalue weighted by atomic mass is 19.1. The fraction of sp³-hybridized carbons (Fsp3) is 0.455. The molecule has 2 heteroatoms. The van der Waals surface area contributed by atoms with Gasteiger partial charge in [-0.2, -0.15) is 0 Å². The highest BCUT2D eigenvalue weighted by Crippen LogP contribution is 2.12. The Balaban J connectivity index is 2.55. The molecule has 0 amide bonds. The molecule has 1 aromatic carbocycles. The van der Waals surface area contributed by atoms with Crippen LogP contribution in [0.15, 0.2) is 24.3 Å². The summed E-state index contributed by atoms with van der Waals surface area (Å²) in [7, 11) is 0. The summed E-state index contributed by atoms with van der Waals surface area (Å²) in [6.07, 6.45) is 0. The van der Waals surface area contributed by atoms with Crippen LogP contribution in [0.3, 0.4) is 0 Å². The molecule has 0 aliphatic rings. The van der Waals surface area contributed by atoms with Crippen molar-refractivity contribution in [3.63, 3.8) is 0 Å². The third kappa shape index (κ3) is 4.04. The van der Waals surface area contributed by atoms with Gasteiger partial charge in [0.25, 0.3) is 0 Å². The first-order chi connectivity index (χ1) is 5.97. The molecular formula is C11H15FO. The maximum Gasteiger partial charge on any atom is 0.123 e. The molecule has 0 N–H and O–H groups in total. The lowest BCUT2D eigenvalue weighted by Gasteiger charge is -2.19. The van der Waals surface area contributed by atoms with Gasteiger partial charge in [-0.15, -0.1) is 0 Å². The molecule has 0 heterocycles. The third-order valence-corrected chi connectivity index (χ3v) is 1.56. The second-order valence-corrected chi connectivity index (χ2v) is 4.03. The number of rotatable bonds is 2. The first-order valence-corrected chi connectivity index (χ1v) is 4.36. The van der Waals surface area contributed by atoms with Gasteiger partial charge >= 0.3 is 0 Å². The molecule has 0 radical (unpaired) electrons. The van der Waals surface area contributed by atoms with E-state index in [0.717, 1.165) is 5.56 Å². The zero-order valence-electron chi connectivity index (χ0n) is 8.30. The van der Waals surface area contributed by atoms with Gasteiger partial charge in [-0.25, -0.2) is 4.39 Å². The van der Waals surface area contributed by atoms with Crippen LogP contribution < -0.4 is 0 Å². The highest BCUT2D eigenvalue weighted by Gasteiger charge is 2.09. The molecule has 0 fully saturated rings. The molecule has 0 unspecified atom stereocenters. The summed E-state index contributed by atoms with van der Waals surface area (Å²) in [5, 5.41) is 0. The van der Waals surface area contributed by atoms with Gasteiger partial charge in [0.15, 0.2) is 0 Å². The summed E-state index contributed by atoms with van der Waals surface area (Å²) in [5.74, 6) is -0.213. The normalized spacial score (nSPS) is 11.7. The van der Waals surface area contributed by atoms with E-state index >= 15 is 0 Å². The van der Waals surface area contributed by atoms with Crippen molar-refractivity contribution in [1.82, 2.24) is 0 Å². The van der Waals surface area contributed by atoms with Crippen LogP contribution in [0, 0.1) is 5.82 Å². The maximum atomic E-state index is 12.7. The van der Waals surface area contributed by atoms with E-state index in [-0.39, 0.29) is 11.4 Å². The van der Waals surface area contributed by atoms with Gasteiger partial charge in [-0.3, -0.25) is 0 Å². The lowest BCUT2D eigenvalue weighted by atomic mass is 10.2. The van der Waals surface area contributed by atoms with Crippen LogP contribution in [-0.2, 0) is 11.3 Å². The van der Waals surface area contributed by atoms with Crippen LogP contribution in [0.25, 0.3) is 0 Å². The molecule has 1 rings (SSSR count). The first-order valence-electron chi connectivity index (χ1n) is 4.36. The summed E-state index contributed by atoms with van der Waals surface area (Å²) in [4.78, 5) is 0. The van der Waals surface area contributed by atoms with Crippen molar-refractivity contribution in [3.05, 3.63) is 35.6 Å². The number of hydrogen-bond acceptors (Lipinski definition) is 1. The van der Waals surface area contributed by atoms with Gasteiger partial charge in [0.05, 0.1) is 12.2 Å². The second-order valence-electron chi connectivity index (χ2n) is 4.03. The molecule has 0 spiro atoms. The van der Waals surface area contributed by atoms with E-state index in [1.165, 1.54) is 12.1 Å². The minimum Gasteiger partial charge on any atom is -0.371 e. The topological polar surface area (TPSA) is 9.23 Å². The van der Waals surface area contributed by atoms with Crippen LogP contribution in [0.1, 0.15) is 26.3 Å². The van der Waals surface area contributed by atoms with Crippen LogP contribution in [0.2, 0.25) is 0 Å². The fourth-order valence-electron chi connectivity index (χ4n) is 0.927. The molecule has 13 heavy (non-hydrogen) atoms. The summed E-state index contributed by atoms with van der Waals surface area (Å²) in [5.41, 5.74) is 0.696. The van der Waals surface area contributed by atoms with Gasteiger partial charge in [0.2, 0.25) is 0 Å².